The molecule has 2 aromatic rings. The number of rotatable bonds is 2. The van der Waals surface area contributed by atoms with Gasteiger partial charge < -0.3 is 14.4 Å². The second-order valence-corrected chi connectivity index (χ2v) is 7.41. The Morgan fingerprint density at radius 3 is 3.04 bits per heavy atom. The van der Waals surface area contributed by atoms with Gasteiger partial charge in [-0.1, -0.05) is 24.3 Å². The first kappa shape index (κ1) is 14.8. The van der Waals surface area contributed by atoms with E-state index in [1.807, 2.05) is 0 Å². The number of aryl methyl sites for hydroxylation is 1. The smallest absolute Gasteiger partial charge is 0.140 e. The van der Waals surface area contributed by atoms with E-state index >= 15 is 0 Å². The number of hydrazone groups is 1. The zero-order chi connectivity index (χ0) is 17.1. The number of fused-ring (bicyclic) bond motifs is 5. The van der Waals surface area contributed by atoms with E-state index in [2.05, 4.69) is 82.5 Å². The molecule has 0 bridgehead atoms. The topological polar surface area (TPSA) is 35.8 Å². The van der Waals surface area contributed by atoms with Gasteiger partial charge in [0.2, 0.25) is 0 Å². The van der Waals surface area contributed by atoms with Crippen molar-refractivity contribution < 1.29 is 0 Å². The summed E-state index contributed by atoms with van der Waals surface area (Å²) in [5.41, 5.74) is 11.2. The minimum atomic E-state index is 0.309. The minimum absolute atomic E-state index is 0.309. The number of allylic oxidation sites excluding steroid dienone is 1. The number of amidine groups is 1. The van der Waals surface area contributed by atoms with Crippen molar-refractivity contribution in [3.05, 3.63) is 52.9 Å². The van der Waals surface area contributed by atoms with Crippen molar-refractivity contribution in [1.29, 1.82) is 0 Å². The van der Waals surface area contributed by atoms with Gasteiger partial charge in [0.25, 0.3) is 0 Å². The molecule has 1 unspecified atom stereocenters. The van der Waals surface area contributed by atoms with E-state index in [0.29, 0.717) is 5.92 Å². The third-order valence-electron chi connectivity index (χ3n) is 5.40. The highest BCUT2D eigenvalue weighted by Gasteiger charge is 2.38. The van der Waals surface area contributed by atoms with Crippen molar-refractivity contribution >= 4 is 17.6 Å². The second kappa shape index (κ2) is 5.23. The molecule has 1 aromatic heterocycles. The Hall–Kier alpha value is -2.53. The molecule has 5 heteroatoms. The number of para-hydroxylation sites is 1. The monoisotopic (exact) mass is 333 g/mol. The summed E-state index contributed by atoms with van der Waals surface area (Å²) < 4.78 is 2.44. The predicted octanol–water partition coefficient (Wildman–Crippen LogP) is 3.04. The van der Waals surface area contributed by atoms with Gasteiger partial charge in [-0.25, -0.2) is 0 Å². The lowest BCUT2D eigenvalue weighted by molar-refractivity contribution is 0.402. The first-order chi connectivity index (χ1) is 12.1. The van der Waals surface area contributed by atoms with Crippen LogP contribution in [0.25, 0.3) is 11.8 Å². The maximum atomic E-state index is 4.68. The lowest BCUT2D eigenvalue weighted by Crippen LogP contribution is -2.32. The SMILES string of the molecule is Cc1cn2c3c1C=CCC3C1=NNCN1c1cccc(CN(C)C)c1-2. The normalized spacial score (nSPS) is 19.9. The van der Waals surface area contributed by atoms with Gasteiger partial charge in [-0.2, -0.15) is 5.10 Å². The molecule has 0 saturated carbocycles. The molecule has 5 nitrogen and oxygen atoms in total. The number of benzene rings is 1. The standard InChI is InChI=1S/C20H23N5/c1-13-10-24-18-14(11-23(2)3)6-4-9-17(18)25-12-21-22-20(25)16-8-5-7-15(13)19(16)24/h4-7,9-10,16,21H,8,11-12H2,1-3H3. The third kappa shape index (κ3) is 2.02. The molecule has 1 atom stereocenters. The Labute approximate surface area is 148 Å². The van der Waals surface area contributed by atoms with Crippen molar-refractivity contribution in [1.82, 2.24) is 14.9 Å². The van der Waals surface area contributed by atoms with Gasteiger partial charge in [-0.3, -0.25) is 5.43 Å². The van der Waals surface area contributed by atoms with Gasteiger partial charge in [-0.15, -0.1) is 0 Å². The number of hydrogen-bond donors (Lipinski definition) is 1. The fourth-order valence-corrected chi connectivity index (χ4v) is 4.43. The summed E-state index contributed by atoms with van der Waals surface area (Å²) in [6.45, 7) is 3.88. The summed E-state index contributed by atoms with van der Waals surface area (Å²) in [6, 6.07) is 6.64. The maximum absolute atomic E-state index is 4.68. The molecular formula is C20H23N5. The van der Waals surface area contributed by atoms with Crippen molar-refractivity contribution in [3.63, 3.8) is 0 Å². The van der Waals surface area contributed by atoms with E-state index in [-0.39, 0.29) is 0 Å². The number of anilines is 1. The van der Waals surface area contributed by atoms with E-state index in [1.165, 1.54) is 33.8 Å². The van der Waals surface area contributed by atoms with E-state index in [9.17, 15) is 0 Å². The molecule has 3 aliphatic rings. The Bertz CT molecular complexity index is 918. The molecule has 0 spiro atoms. The van der Waals surface area contributed by atoms with E-state index in [4.69, 9.17) is 0 Å². The third-order valence-corrected chi connectivity index (χ3v) is 5.40. The average Bonchev–Trinajstić information content (AvgIpc) is 3.17. The summed E-state index contributed by atoms with van der Waals surface area (Å²) in [4.78, 5) is 4.59. The zero-order valence-electron chi connectivity index (χ0n) is 15.0. The Morgan fingerprint density at radius 2 is 2.20 bits per heavy atom. The summed E-state index contributed by atoms with van der Waals surface area (Å²) in [5, 5.41) is 4.68. The summed E-state index contributed by atoms with van der Waals surface area (Å²) in [5.74, 6) is 1.45. The van der Waals surface area contributed by atoms with E-state index in [0.717, 1.165) is 25.5 Å². The molecule has 3 heterocycles. The van der Waals surface area contributed by atoms with Crippen LogP contribution in [-0.2, 0) is 6.54 Å². The van der Waals surface area contributed by atoms with Crippen LogP contribution in [0.1, 0.15) is 34.7 Å². The van der Waals surface area contributed by atoms with Crippen LogP contribution in [0.3, 0.4) is 0 Å². The molecule has 0 fully saturated rings. The highest BCUT2D eigenvalue weighted by molar-refractivity contribution is 6.06. The largest absolute Gasteiger partial charge is 0.317 e. The lowest BCUT2D eigenvalue weighted by atomic mass is 9.90. The molecular weight excluding hydrogens is 310 g/mol. The first-order valence-corrected chi connectivity index (χ1v) is 8.88. The molecule has 0 saturated heterocycles. The van der Waals surface area contributed by atoms with Gasteiger partial charge in [0.05, 0.1) is 17.3 Å². The van der Waals surface area contributed by atoms with Crippen LogP contribution in [0.15, 0.2) is 35.6 Å². The lowest BCUT2D eigenvalue weighted by Gasteiger charge is -2.24. The number of nitrogens with one attached hydrogen (secondary N) is 1. The van der Waals surface area contributed by atoms with Gasteiger partial charge in [0, 0.05) is 18.4 Å². The first-order valence-electron chi connectivity index (χ1n) is 8.88. The van der Waals surface area contributed by atoms with Crippen molar-refractivity contribution in [2.24, 2.45) is 5.10 Å². The number of nitrogens with zero attached hydrogens (tertiary/aromatic N) is 4. The van der Waals surface area contributed by atoms with Crippen LogP contribution in [0.2, 0.25) is 0 Å². The molecule has 1 N–H and O–H groups in total. The number of hydrogen-bond acceptors (Lipinski definition) is 4. The van der Waals surface area contributed by atoms with Crippen LogP contribution in [-0.4, -0.2) is 36.1 Å². The van der Waals surface area contributed by atoms with E-state index in [1.54, 1.807) is 0 Å². The van der Waals surface area contributed by atoms with Crippen LogP contribution in [0, 0.1) is 6.92 Å². The highest BCUT2D eigenvalue weighted by Crippen LogP contribution is 2.44. The molecule has 128 valence electrons. The summed E-state index contributed by atoms with van der Waals surface area (Å²) >= 11 is 0. The molecule has 1 aliphatic carbocycles. The molecule has 0 amide bonds. The van der Waals surface area contributed by atoms with Gasteiger partial charge in [-0.05, 0) is 50.2 Å². The van der Waals surface area contributed by atoms with E-state index < -0.39 is 0 Å². The van der Waals surface area contributed by atoms with Gasteiger partial charge in [0.15, 0.2) is 0 Å². The second-order valence-electron chi connectivity index (χ2n) is 7.41. The number of aromatic nitrogens is 1. The summed E-state index contributed by atoms with van der Waals surface area (Å²) in [6.07, 6.45) is 7.89. The van der Waals surface area contributed by atoms with Crippen LogP contribution in [0.4, 0.5) is 5.69 Å². The van der Waals surface area contributed by atoms with Gasteiger partial charge in [0.1, 0.15) is 12.5 Å². The molecule has 0 radical (unpaired) electrons. The maximum Gasteiger partial charge on any atom is 0.140 e. The fourth-order valence-electron chi connectivity index (χ4n) is 4.43. The quantitative estimate of drug-likeness (QED) is 0.918. The predicted molar refractivity (Wildman–Crippen MR) is 102 cm³/mol. The van der Waals surface area contributed by atoms with Crippen molar-refractivity contribution in [2.75, 3.05) is 25.7 Å². The van der Waals surface area contributed by atoms with Crippen LogP contribution >= 0.6 is 0 Å². The Morgan fingerprint density at radius 1 is 1.32 bits per heavy atom. The highest BCUT2D eigenvalue weighted by atomic mass is 15.5. The van der Waals surface area contributed by atoms with Crippen molar-refractivity contribution in [3.8, 4) is 5.69 Å². The minimum Gasteiger partial charge on any atom is -0.317 e. The Kier molecular flexibility index (Phi) is 3.09. The Balaban J connectivity index is 1.85. The fraction of sp³-hybridized carbons (Fsp3) is 0.350. The molecule has 25 heavy (non-hydrogen) atoms. The molecule has 5 rings (SSSR count). The molecule has 1 aromatic carbocycles. The van der Waals surface area contributed by atoms with Crippen LogP contribution in [0.5, 0.6) is 0 Å². The van der Waals surface area contributed by atoms with Crippen molar-refractivity contribution in [2.45, 2.75) is 25.8 Å². The summed E-state index contributed by atoms with van der Waals surface area (Å²) in [7, 11) is 4.25. The molecule has 2 aliphatic heterocycles. The zero-order valence-corrected chi connectivity index (χ0v) is 15.0. The van der Waals surface area contributed by atoms with Gasteiger partial charge >= 0.3 is 0 Å². The average molecular weight is 333 g/mol. The van der Waals surface area contributed by atoms with Crippen LogP contribution < -0.4 is 10.3 Å².